The fourth-order valence-corrected chi connectivity index (χ4v) is 5.19. The molecule has 2 aliphatic heterocycles. The van der Waals surface area contributed by atoms with Gasteiger partial charge in [-0.25, -0.2) is 0 Å². The molecule has 8 heteroatoms. The van der Waals surface area contributed by atoms with Gasteiger partial charge in [-0.3, -0.25) is 9.69 Å². The van der Waals surface area contributed by atoms with Crippen LogP contribution in [-0.2, 0) is 28.1 Å². The Bertz CT molecular complexity index is 766. The predicted octanol–water partition coefficient (Wildman–Crippen LogP) is 1.81. The molecule has 2 heterocycles. The number of hydrogen-bond acceptors (Lipinski definition) is 4. The molecular weight excluding hydrogens is 388 g/mol. The van der Waals surface area contributed by atoms with Crippen molar-refractivity contribution in [1.29, 1.82) is 0 Å². The molecule has 1 aromatic carbocycles. The van der Waals surface area contributed by atoms with Crippen LogP contribution < -0.4 is 5.32 Å². The average Bonchev–Trinajstić information content (AvgIpc) is 2.74. The van der Waals surface area contributed by atoms with E-state index in [1.165, 1.54) is 60.6 Å². The second-order valence-corrected chi connectivity index (χ2v) is 10.5. The van der Waals surface area contributed by atoms with Gasteiger partial charge in [0.2, 0.25) is 5.91 Å². The van der Waals surface area contributed by atoms with Gasteiger partial charge in [0.1, 0.15) is 0 Å². The van der Waals surface area contributed by atoms with E-state index in [1.54, 1.807) is 0 Å². The highest BCUT2D eigenvalue weighted by atomic mass is 32.2. The Morgan fingerprint density at radius 1 is 1.00 bits per heavy atom. The zero-order chi connectivity index (χ0) is 20.9. The minimum Gasteiger partial charge on any atom is -0.352 e. The molecule has 0 aliphatic carbocycles. The van der Waals surface area contributed by atoms with E-state index < -0.39 is 10.2 Å². The number of rotatable bonds is 7. The zero-order valence-corrected chi connectivity index (χ0v) is 18.5. The van der Waals surface area contributed by atoms with Gasteiger partial charge in [0.25, 0.3) is 10.2 Å². The Balaban J connectivity index is 1.42. The van der Waals surface area contributed by atoms with E-state index in [4.69, 9.17) is 0 Å². The molecule has 0 atom stereocenters. The van der Waals surface area contributed by atoms with Gasteiger partial charge in [0.15, 0.2) is 0 Å². The van der Waals surface area contributed by atoms with Gasteiger partial charge in [0, 0.05) is 46.2 Å². The third-order valence-electron chi connectivity index (χ3n) is 5.96. The highest BCUT2D eigenvalue weighted by molar-refractivity contribution is 7.86. The first-order chi connectivity index (χ1) is 13.9. The van der Waals surface area contributed by atoms with E-state index in [1.807, 2.05) is 0 Å². The lowest BCUT2D eigenvalue weighted by Crippen LogP contribution is -2.46. The smallest absolute Gasteiger partial charge is 0.281 e. The minimum absolute atomic E-state index is 0.0179. The molecule has 1 amide bonds. The van der Waals surface area contributed by atoms with Gasteiger partial charge >= 0.3 is 0 Å². The van der Waals surface area contributed by atoms with Gasteiger partial charge in [0.05, 0.1) is 0 Å². The summed E-state index contributed by atoms with van der Waals surface area (Å²) in [6, 6.07) is 8.49. The van der Waals surface area contributed by atoms with Crippen LogP contribution in [0.25, 0.3) is 0 Å². The van der Waals surface area contributed by atoms with Crippen LogP contribution in [0.15, 0.2) is 24.3 Å². The molecule has 29 heavy (non-hydrogen) atoms. The average molecular weight is 423 g/mol. The SMILES string of the molecule is CN(C)S(=O)(=O)N1CCC(C(=O)NCc2ccc(CN3CCCCC3)cc2)CC1. The first-order valence-corrected chi connectivity index (χ1v) is 12.0. The quantitative estimate of drug-likeness (QED) is 0.727. The molecule has 7 nitrogen and oxygen atoms in total. The molecule has 3 rings (SSSR count). The monoisotopic (exact) mass is 422 g/mol. The van der Waals surface area contributed by atoms with Crippen molar-refractivity contribution < 1.29 is 13.2 Å². The van der Waals surface area contributed by atoms with Crippen molar-refractivity contribution in [2.24, 2.45) is 5.92 Å². The van der Waals surface area contributed by atoms with E-state index in [2.05, 4.69) is 34.5 Å². The maximum absolute atomic E-state index is 12.5. The van der Waals surface area contributed by atoms with Crippen LogP contribution in [0.3, 0.4) is 0 Å². The lowest BCUT2D eigenvalue weighted by Gasteiger charge is -2.32. The number of carbonyl (C=O) groups excluding carboxylic acids is 1. The number of nitrogens with one attached hydrogen (secondary N) is 1. The summed E-state index contributed by atoms with van der Waals surface area (Å²) in [5, 5.41) is 3.02. The Hall–Kier alpha value is -1.48. The van der Waals surface area contributed by atoms with Gasteiger partial charge in [-0.1, -0.05) is 30.7 Å². The first kappa shape index (κ1) is 22.2. The van der Waals surface area contributed by atoms with Crippen molar-refractivity contribution in [3.63, 3.8) is 0 Å². The van der Waals surface area contributed by atoms with E-state index in [9.17, 15) is 13.2 Å². The second-order valence-electron chi connectivity index (χ2n) is 8.33. The Kier molecular flexibility index (Phi) is 7.67. The summed E-state index contributed by atoms with van der Waals surface area (Å²) in [7, 11) is -0.320. The van der Waals surface area contributed by atoms with Crippen molar-refractivity contribution in [2.75, 3.05) is 40.3 Å². The minimum atomic E-state index is -3.39. The van der Waals surface area contributed by atoms with Crippen molar-refractivity contribution in [3.8, 4) is 0 Å². The summed E-state index contributed by atoms with van der Waals surface area (Å²) in [6.45, 7) is 4.67. The van der Waals surface area contributed by atoms with E-state index in [-0.39, 0.29) is 11.8 Å². The summed E-state index contributed by atoms with van der Waals surface area (Å²) in [5.74, 6) is -0.105. The number of likely N-dealkylation sites (tertiary alicyclic amines) is 1. The zero-order valence-electron chi connectivity index (χ0n) is 17.6. The maximum Gasteiger partial charge on any atom is 0.281 e. The first-order valence-electron chi connectivity index (χ1n) is 10.6. The Labute approximate surface area is 175 Å². The molecule has 2 fully saturated rings. The standard InChI is InChI=1S/C21H34N4O3S/c1-23(2)29(27,28)25-14-10-20(11-15-25)21(26)22-16-18-6-8-19(9-7-18)17-24-12-4-3-5-13-24/h6-9,20H,3-5,10-17H2,1-2H3,(H,22,26). The summed E-state index contributed by atoms with van der Waals surface area (Å²) in [6.07, 6.45) is 5.06. The topological polar surface area (TPSA) is 73.0 Å². The highest BCUT2D eigenvalue weighted by Gasteiger charge is 2.32. The van der Waals surface area contributed by atoms with Gasteiger partial charge in [-0.15, -0.1) is 0 Å². The summed E-state index contributed by atoms with van der Waals surface area (Å²) in [4.78, 5) is 15.0. The molecule has 0 aromatic heterocycles. The molecule has 2 saturated heterocycles. The number of piperidine rings is 2. The summed E-state index contributed by atoms with van der Waals surface area (Å²) < 4.78 is 27.0. The van der Waals surface area contributed by atoms with Crippen LogP contribution >= 0.6 is 0 Å². The van der Waals surface area contributed by atoms with Gasteiger partial charge in [-0.05, 0) is 49.9 Å². The molecule has 0 unspecified atom stereocenters. The molecular formula is C21H34N4O3S. The molecule has 2 aliphatic rings. The fraction of sp³-hybridized carbons (Fsp3) is 0.667. The van der Waals surface area contributed by atoms with Crippen molar-refractivity contribution in [2.45, 2.75) is 45.2 Å². The molecule has 162 valence electrons. The maximum atomic E-state index is 12.5. The number of carbonyl (C=O) groups is 1. The second kappa shape index (κ2) is 10.0. The van der Waals surface area contributed by atoms with E-state index in [0.717, 1.165) is 12.1 Å². The molecule has 0 spiro atoms. The third-order valence-corrected chi connectivity index (χ3v) is 7.90. The molecule has 1 N–H and O–H groups in total. The molecule has 0 saturated carbocycles. The van der Waals surface area contributed by atoms with Crippen LogP contribution in [-0.4, -0.2) is 68.1 Å². The van der Waals surface area contributed by atoms with Crippen LogP contribution in [0.5, 0.6) is 0 Å². The highest BCUT2D eigenvalue weighted by Crippen LogP contribution is 2.21. The molecule has 0 radical (unpaired) electrons. The normalized spacial score (nSPS) is 20.1. The number of benzene rings is 1. The summed E-state index contributed by atoms with van der Waals surface area (Å²) in [5.41, 5.74) is 2.41. The lowest BCUT2D eigenvalue weighted by atomic mass is 9.97. The summed E-state index contributed by atoms with van der Waals surface area (Å²) >= 11 is 0. The number of hydrogen-bond donors (Lipinski definition) is 1. The van der Waals surface area contributed by atoms with Crippen LogP contribution in [0.2, 0.25) is 0 Å². The van der Waals surface area contributed by atoms with Crippen molar-refractivity contribution in [3.05, 3.63) is 35.4 Å². The Morgan fingerprint density at radius 3 is 2.17 bits per heavy atom. The fourth-order valence-electron chi connectivity index (χ4n) is 4.05. The van der Waals surface area contributed by atoms with E-state index in [0.29, 0.717) is 32.5 Å². The van der Waals surface area contributed by atoms with Crippen LogP contribution in [0.4, 0.5) is 0 Å². The van der Waals surface area contributed by atoms with Crippen LogP contribution in [0, 0.1) is 5.92 Å². The lowest BCUT2D eigenvalue weighted by molar-refractivity contribution is -0.126. The molecule has 1 aromatic rings. The number of amides is 1. The van der Waals surface area contributed by atoms with Crippen LogP contribution in [0.1, 0.15) is 43.2 Å². The molecule has 0 bridgehead atoms. The Morgan fingerprint density at radius 2 is 1.59 bits per heavy atom. The van der Waals surface area contributed by atoms with Crippen molar-refractivity contribution in [1.82, 2.24) is 18.8 Å². The van der Waals surface area contributed by atoms with Crippen molar-refractivity contribution >= 4 is 16.1 Å². The van der Waals surface area contributed by atoms with E-state index >= 15 is 0 Å². The number of nitrogens with zero attached hydrogens (tertiary/aromatic N) is 3. The largest absolute Gasteiger partial charge is 0.352 e. The predicted molar refractivity (Wildman–Crippen MR) is 114 cm³/mol. The van der Waals surface area contributed by atoms with Gasteiger partial charge < -0.3 is 5.32 Å². The third kappa shape index (κ3) is 6.01. The van der Waals surface area contributed by atoms with Gasteiger partial charge in [-0.2, -0.15) is 17.0 Å².